The number of amides is 1. The number of halogens is 3. The zero-order valence-electron chi connectivity index (χ0n) is 10.1. The molecule has 1 atom stereocenters. The fourth-order valence-electron chi connectivity index (χ4n) is 2.65. The molecule has 0 radical (unpaired) electrons. The van der Waals surface area contributed by atoms with Crippen LogP contribution in [0, 0.1) is 5.92 Å². The molecule has 1 amide bonds. The van der Waals surface area contributed by atoms with Gasteiger partial charge in [-0.1, -0.05) is 0 Å². The Morgan fingerprint density at radius 2 is 1.84 bits per heavy atom. The van der Waals surface area contributed by atoms with Crippen LogP contribution in [0.3, 0.4) is 0 Å². The van der Waals surface area contributed by atoms with E-state index in [2.05, 4.69) is 0 Å². The van der Waals surface area contributed by atoms with Crippen molar-refractivity contribution in [1.29, 1.82) is 0 Å². The maximum Gasteiger partial charge on any atom is 0.471 e. The zero-order chi connectivity index (χ0) is 14.3. The fourth-order valence-corrected chi connectivity index (χ4v) is 2.65. The van der Waals surface area contributed by atoms with Gasteiger partial charge in [0.25, 0.3) is 0 Å². The number of carboxylic acid groups (broad SMARTS) is 1. The van der Waals surface area contributed by atoms with Gasteiger partial charge in [0.15, 0.2) is 0 Å². The molecule has 1 unspecified atom stereocenters. The van der Waals surface area contributed by atoms with Gasteiger partial charge >= 0.3 is 18.1 Å². The molecule has 2 saturated heterocycles. The lowest BCUT2D eigenvalue weighted by Gasteiger charge is -2.38. The van der Waals surface area contributed by atoms with Crippen molar-refractivity contribution in [2.24, 2.45) is 5.92 Å². The van der Waals surface area contributed by atoms with Gasteiger partial charge in [-0.3, -0.25) is 9.59 Å². The lowest BCUT2D eigenvalue weighted by atomic mass is 9.85. The SMILES string of the molecule is O=C(O)C1COC2(CCN(C(=O)C(F)(F)F)CC2)C1. The van der Waals surface area contributed by atoms with E-state index in [1.165, 1.54) is 0 Å². The molecule has 0 saturated carbocycles. The zero-order valence-corrected chi connectivity index (χ0v) is 10.1. The van der Waals surface area contributed by atoms with Crippen LogP contribution in [-0.2, 0) is 14.3 Å². The molecule has 1 N–H and O–H groups in total. The van der Waals surface area contributed by atoms with Gasteiger partial charge in [0.2, 0.25) is 0 Å². The molecule has 5 nitrogen and oxygen atoms in total. The Bertz CT molecular complexity index is 388. The Balaban J connectivity index is 1.93. The first kappa shape index (κ1) is 14.1. The average molecular weight is 281 g/mol. The number of rotatable bonds is 1. The van der Waals surface area contributed by atoms with Crippen LogP contribution >= 0.6 is 0 Å². The van der Waals surface area contributed by atoms with Crippen molar-refractivity contribution in [2.75, 3.05) is 19.7 Å². The van der Waals surface area contributed by atoms with Gasteiger partial charge in [-0.05, 0) is 19.3 Å². The summed E-state index contributed by atoms with van der Waals surface area (Å²) in [7, 11) is 0. The minimum atomic E-state index is -4.86. The minimum absolute atomic E-state index is 0.0509. The highest BCUT2D eigenvalue weighted by molar-refractivity contribution is 5.82. The second kappa shape index (κ2) is 4.66. The summed E-state index contributed by atoms with van der Waals surface area (Å²) in [5.41, 5.74) is -0.675. The molecular weight excluding hydrogens is 267 g/mol. The van der Waals surface area contributed by atoms with Crippen molar-refractivity contribution in [1.82, 2.24) is 4.90 Å². The third-order valence-electron chi connectivity index (χ3n) is 3.76. The summed E-state index contributed by atoms with van der Waals surface area (Å²) < 4.78 is 42.3. The predicted octanol–water partition coefficient (Wildman–Crippen LogP) is 1.03. The number of alkyl halides is 3. The van der Waals surface area contributed by atoms with Crippen molar-refractivity contribution in [3.8, 4) is 0 Å². The van der Waals surface area contributed by atoms with Gasteiger partial charge in [-0.2, -0.15) is 13.2 Å². The topological polar surface area (TPSA) is 66.8 Å². The van der Waals surface area contributed by atoms with E-state index < -0.39 is 29.6 Å². The van der Waals surface area contributed by atoms with Crippen molar-refractivity contribution < 1.29 is 32.6 Å². The molecule has 0 aromatic heterocycles. The van der Waals surface area contributed by atoms with Crippen LogP contribution in [0.25, 0.3) is 0 Å². The van der Waals surface area contributed by atoms with Crippen molar-refractivity contribution in [3.63, 3.8) is 0 Å². The molecule has 2 rings (SSSR count). The van der Waals surface area contributed by atoms with Gasteiger partial charge < -0.3 is 14.7 Å². The third kappa shape index (κ3) is 2.83. The first-order chi connectivity index (χ1) is 8.73. The number of hydrogen-bond acceptors (Lipinski definition) is 3. The number of likely N-dealkylation sites (tertiary alicyclic amines) is 1. The van der Waals surface area contributed by atoms with E-state index in [4.69, 9.17) is 9.84 Å². The number of nitrogens with zero attached hydrogens (tertiary/aromatic N) is 1. The summed E-state index contributed by atoms with van der Waals surface area (Å²) in [5.74, 6) is -3.40. The number of carbonyl (C=O) groups excluding carboxylic acids is 1. The number of carbonyl (C=O) groups is 2. The normalized spacial score (nSPS) is 26.7. The largest absolute Gasteiger partial charge is 0.481 e. The number of hydrogen-bond donors (Lipinski definition) is 1. The Morgan fingerprint density at radius 3 is 2.26 bits per heavy atom. The third-order valence-corrected chi connectivity index (χ3v) is 3.76. The van der Waals surface area contributed by atoms with E-state index >= 15 is 0 Å². The van der Waals surface area contributed by atoms with Gasteiger partial charge in [-0.25, -0.2) is 0 Å². The molecule has 108 valence electrons. The van der Waals surface area contributed by atoms with E-state index in [-0.39, 0.29) is 32.5 Å². The summed E-state index contributed by atoms with van der Waals surface area (Å²) in [5, 5.41) is 8.88. The lowest BCUT2D eigenvalue weighted by Crippen LogP contribution is -2.50. The van der Waals surface area contributed by atoms with Crippen LogP contribution in [0.2, 0.25) is 0 Å². The first-order valence-corrected chi connectivity index (χ1v) is 5.96. The van der Waals surface area contributed by atoms with E-state index in [1.807, 2.05) is 0 Å². The second-order valence-electron chi connectivity index (χ2n) is 5.02. The van der Waals surface area contributed by atoms with E-state index in [9.17, 15) is 22.8 Å². The number of piperidine rings is 1. The quantitative estimate of drug-likeness (QED) is 0.779. The fraction of sp³-hybridized carbons (Fsp3) is 0.818. The molecule has 8 heteroatoms. The number of carboxylic acids is 1. The molecule has 2 aliphatic heterocycles. The maximum absolute atomic E-state index is 12.3. The summed E-state index contributed by atoms with van der Waals surface area (Å²) in [6.45, 7) is -0.0160. The van der Waals surface area contributed by atoms with Crippen LogP contribution < -0.4 is 0 Å². The smallest absolute Gasteiger partial charge is 0.471 e. The van der Waals surface area contributed by atoms with Gasteiger partial charge in [0.1, 0.15) is 0 Å². The van der Waals surface area contributed by atoms with E-state index in [1.54, 1.807) is 0 Å². The molecule has 0 aliphatic carbocycles. The Morgan fingerprint density at radius 1 is 1.26 bits per heavy atom. The highest BCUT2D eigenvalue weighted by Crippen LogP contribution is 2.39. The highest BCUT2D eigenvalue weighted by Gasteiger charge is 2.49. The molecule has 2 aliphatic rings. The van der Waals surface area contributed by atoms with Crippen LogP contribution in [0.5, 0.6) is 0 Å². The lowest BCUT2D eigenvalue weighted by molar-refractivity contribution is -0.188. The van der Waals surface area contributed by atoms with Gasteiger partial charge in [0.05, 0.1) is 18.1 Å². The standard InChI is InChI=1S/C11H14F3NO4/c12-11(13,14)9(18)15-3-1-10(2-4-15)5-7(6-19-10)8(16)17/h7H,1-6H2,(H,16,17). The van der Waals surface area contributed by atoms with Crippen LogP contribution in [-0.4, -0.2) is 53.4 Å². The van der Waals surface area contributed by atoms with Crippen LogP contribution in [0.1, 0.15) is 19.3 Å². The van der Waals surface area contributed by atoms with Gasteiger partial charge in [0, 0.05) is 13.1 Å². The minimum Gasteiger partial charge on any atom is -0.481 e. The second-order valence-corrected chi connectivity index (χ2v) is 5.02. The first-order valence-electron chi connectivity index (χ1n) is 5.96. The highest BCUT2D eigenvalue weighted by atomic mass is 19.4. The summed E-state index contributed by atoms with van der Waals surface area (Å²) in [4.78, 5) is 22.7. The van der Waals surface area contributed by atoms with Crippen molar-refractivity contribution >= 4 is 11.9 Å². The molecular formula is C11H14F3NO4. The van der Waals surface area contributed by atoms with Crippen LogP contribution in [0.15, 0.2) is 0 Å². The predicted molar refractivity (Wildman–Crippen MR) is 56.3 cm³/mol. The van der Waals surface area contributed by atoms with Gasteiger partial charge in [-0.15, -0.1) is 0 Å². The monoisotopic (exact) mass is 281 g/mol. The summed E-state index contributed by atoms with van der Waals surface area (Å²) in [6, 6.07) is 0. The maximum atomic E-state index is 12.3. The summed E-state index contributed by atoms with van der Waals surface area (Å²) >= 11 is 0. The molecule has 0 aromatic carbocycles. The Hall–Kier alpha value is -1.31. The summed E-state index contributed by atoms with van der Waals surface area (Å²) in [6.07, 6.45) is -4.06. The van der Waals surface area contributed by atoms with Crippen molar-refractivity contribution in [2.45, 2.75) is 31.0 Å². The molecule has 19 heavy (non-hydrogen) atoms. The molecule has 2 fully saturated rings. The average Bonchev–Trinajstić information content (AvgIpc) is 2.73. The molecule has 2 heterocycles. The Kier molecular flexibility index (Phi) is 3.46. The van der Waals surface area contributed by atoms with E-state index in [0.29, 0.717) is 6.42 Å². The molecule has 0 bridgehead atoms. The molecule has 0 aromatic rings. The van der Waals surface area contributed by atoms with Crippen molar-refractivity contribution in [3.05, 3.63) is 0 Å². The van der Waals surface area contributed by atoms with E-state index in [0.717, 1.165) is 4.90 Å². The Labute approximate surface area is 107 Å². The van der Waals surface area contributed by atoms with Crippen LogP contribution in [0.4, 0.5) is 13.2 Å². The molecule has 1 spiro atoms. The number of aliphatic carboxylic acids is 1. The number of ether oxygens (including phenoxy) is 1.